The van der Waals surface area contributed by atoms with Gasteiger partial charge in [-0.05, 0) is 53.9 Å². The summed E-state index contributed by atoms with van der Waals surface area (Å²) < 4.78 is 2.01. The van der Waals surface area contributed by atoms with Gasteiger partial charge in [-0.1, -0.05) is 0 Å². The van der Waals surface area contributed by atoms with Gasteiger partial charge in [0.1, 0.15) is 15.3 Å². The predicted octanol–water partition coefficient (Wildman–Crippen LogP) is 3.24. The first-order valence-corrected chi connectivity index (χ1v) is 4.94. The normalized spacial score (nSPS) is 9.27. The van der Waals surface area contributed by atoms with Crippen LogP contribution in [0.2, 0.25) is 0 Å². The van der Waals surface area contributed by atoms with E-state index in [9.17, 15) is 0 Å². The molecular weight excluding hydrogens is 340 g/mol. The van der Waals surface area contributed by atoms with Crippen molar-refractivity contribution in [2.24, 2.45) is 0 Å². The Morgan fingerprint density at radius 2 is 1.91 bits per heavy atom. The Hall–Kier alpha value is 0.0800. The largest absolute Gasteiger partial charge is 0.231 e. The van der Waals surface area contributed by atoms with Crippen molar-refractivity contribution in [2.45, 2.75) is 0 Å². The second kappa shape index (κ2) is 3.65. The molecular formula is C6HBr3N2. The van der Waals surface area contributed by atoms with E-state index in [1.807, 2.05) is 6.07 Å². The highest BCUT2D eigenvalue weighted by Gasteiger charge is 2.04. The molecule has 0 atom stereocenters. The van der Waals surface area contributed by atoms with Crippen molar-refractivity contribution in [3.05, 3.63) is 25.3 Å². The van der Waals surface area contributed by atoms with Crippen molar-refractivity contribution in [3.8, 4) is 6.07 Å². The SMILES string of the molecule is N#Cc1cc(Br)c(Br)nc1Br. The number of hydrogen-bond donors (Lipinski definition) is 0. The second-order valence-corrected chi connectivity index (χ2v) is 4.07. The zero-order chi connectivity index (χ0) is 8.43. The maximum Gasteiger partial charge on any atom is 0.125 e. The van der Waals surface area contributed by atoms with Crippen LogP contribution in [-0.4, -0.2) is 4.98 Å². The van der Waals surface area contributed by atoms with Crippen LogP contribution >= 0.6 is 47.8 Å². The molecule has 56 valence electrons. The van der Waals surface area contributed by atoms with Crippen LogP contribution < -0.4 is 0 Å². The van der Waals surface area contributed by atoms with Crippen LogP contribution in [0.1, 0.15) is 5.56 Å². The quantitative estimate of drug-likeness (QED) is 0.680. The van der Waals surface area contributed by atoms with Crippen LogP contribution in [0.4, 0.5) is 0 Å². The van der Waals surface area contributed by atoms with Crippen molar-refractivity contribution in [1.29, 1.82) is 5.26 Å². The summed E-state index contributed by atoms with van der Waals surface area (Å²) in [5.74, 6) is 0. The fraction of sp³-hybridized carbons (Fsp3) is 0. The molecule has 0 bridgehead atoms. The zero-order valence-corrected chi connectivity index (χ0v) is 9.86. The average molecular weight is 341 g/mol. The molecule has 0 spiro atoms. The van der Waals surface area contributed by atoms with Crippen molar-refractivity contribution in [1.82, 2.24) is 4.98 Å². The van der Waals surface area contributed by atoms with E-state index < -0.39 is 0 Å². The molecule has 0 fully saturated rings. The van der Waals surface area contributed by atoms with E-state index in [4.69, 9.17) is 5.26 Å². The number of rotatable bonds is 0. The Labute approximate surface area is 89.0 Å². The summed E-state index contributed by atoms with van der Waals surface area (Å²) in [6.45, 7) is 0. The van der Waals surface area contributed by atoms with Gasteiger partial charge in [0.05, 0.1) is 10.0 Å². The van der Waals surface area contributed by atoms with Gasteiger partial charge in [-0.15, -0.1) is 0 Å². The topological polar surface area (TPSA) is 36.7 Å². The lowest BCUT2D eigenvalue weighted by atomic mass is 10.3. The molecule has 0 aliphatic rings. The van der Waals surface area contributed by atoms with Crippen molar-refractivity contribution in [3.63, 3.8) is 0 Å². The highest BCUT2D eigenvalue weighted by atomic mass is 79.9. The first kappa shape index (κ1) is 9.17. The van der Waals surface area contributed by atoms with Crippen LogP contribution in [0.25, 0.3) is 0 Å². The molecule has 1 heterocycles. The fourth-order valence-electron chi connectivity index (χ4n) is 0.524. The van der Waals surface area contributed by atoms with Gasteiger partial charge in [0.15, 0.2) is 0 Å². The molecule has 0 unspecified atom stereocenters. The van der Waals surface area contributed by atoms with Gasteiger partial charge in [0.25, 0.3) is 0 Å². The predicted molar refractivity (Wildman–Crippen MR) is 52.1 cm³/mol. The van der Waals surface area contributed by atoms with Gasteiger partial charge >= 0.3 is 0 Å². The number of aromatic nitrogens is 1. The minimum absolute atomic E-state index is 0.514. The summed E-state index contributed by atoms with van der Waals surface area (Å²) in [5.41, 5.74) is 0.514. The van der Waals surface area contributed by atoms with Crippen LogP contribution in [-0.2, 0) is 0 Å². The Morgan fingerprint density at radius 1 is 1.27 bits per heavy atom. The molecule has 2 nitrogen and oxygen atoms in total. The maximum absolute atomic E-state index is 8.58. The number of nitrogens with zero attached hydrogens (tertiary/aromatic N) is 2. The fourth-order valence-corrected chi connectivity index (χ4v) is 1.75. The smallest absolute Gasteiger partial charge is 0.125 e. The molecule has 0 N–H and O–H groups in total. The van der Waals surface area contributed by atoms with Gasteiger partial charge in [-0.2, -0.15) is 5.26 Å². The molecule has 0 radical (unpaired) electrons. The van der Waals surface area contributed by atoms with E-state index in [1.165, 1.54) is 0 Å². The number of pyridine rings is 1. The van der Waals surface area contributed by atoms with Crippen molar-refractivity contribution < 1.29 is 0 Å². The highest BCUT2D eigenvalue weighted by molar-refractivity contribution is 9.13. The van der Waals surface area contributed by atoms with E-state index in [-0.39, 0.29) is 0 Å². The van der Waals surface area contributed by atoms with Gasteiger partial charge in [-0.25, -0.2) is 4.98 Å². The molecule has 5 heteroatoms. The lowest BCUT2D eigenvalue weighted by molar-refractivity contribution is 1.19. The summed E-state index contributed by atoms with van der Waals surface area (Å²) in [7, 11) is 0. The summed E-state index contributed by atoms with van der Waals surface area (Å²) in [5, 5.41) is 8.58. The standard InChI is InChI=1S/C6HBr3N2/c7-4-1-3(2-10)5(8)11-6(4)9/h1H. The van der Waals surface area contributed by atoms with Crippen molar-refractivity contribution >= 4 is 47.8 Å². The minimum Gasteiger partial charge on any atom is -0.231 e. The van der Waals surface area contributed by atoms with Crippen molar-refractivity contribution in [2.75, 3.05) is 0 Å². The molecule has 0 aliphatic heterocycles. The third-order valence-electron chi connectivity index (χ3n) is 1.01. The Kier molecular flexibility index (Phi) is 3.05. The van der Waals surface area contributed by atoms with Gasteiger partial charge in [0.2, 0.25) is 0 Å². The minimum atomic E-state index is 0.514. The first-order valence-electron chi connectivity index (χ1n) is 2.57. The van der Waals surface area contributed by atoms with Crippen LogP contribution in [0.5, 0.6) is 0 Å². The lowest BCUT2D eigenvalue weighted by Gasteiger charge is -1.97. The Bertz CT molecular complexity index is 329. The van der Waals surface area contributed by atoms with E-state index in [1.54, 1.807) is 6.07 Å². The first-order chi connectivity index (χ1) is 5.15. The molecule has 1 aromatic rings. The summed E-state index contributed by atoms with van der Waals surface area (Å²) >= 11 is 9.61. The molecule has 0 aromatic carbocycles. The lowest BCUT2D eigenvalue weighted by Crippen LogP contribution is -1.84. The second-order valence-electron chi connectivity index (χ2n) is 1.71. The van der Waals surface area contributed by atoms with Crippen LogP contribution in [0.3, 0.4) is 0 Å². The molecule has 0 saturated heterocycles. The third kappa shape index (κ3) is 2.01. The van der Waals surface area contributed by atoms with Gasteiger partial charge < -0.3 is 0 Å². The summed E-state index contributed by atoms with van der Waals surface area (Å²) in [6.07, 6.45) is 0. The number of hydrogen-bond acceptors (Lipinski definition) is 2. The van der Waals surface area contributed by atoms with Crippen LogP contribution in [0, 0.1) is 11.3 Å². The van der Waals surface area contributed by atoms with E-state index >= 15 is 0 Å². The highest BCUT2D eigenvalue weighted by Crippen LogP contribution is 2.25. The number of halogens is 3. The van der Waals surface area contributed by atoms with E-state index in [0.29, 0.717) is 14.8 Å². The maximum atomic E-state index is 8.58. The van der Waals surface area contributed by atoms with Crippen LogP contribution in [0.15, 0.2) is 19.7 Å². The molecule has 1 rings (SSSR count). The Morgan fingerprint density at radius 3 is 2.45 bits per heavy atom. The molecule has 11 heavy (non-hydrogen) atoms. The monoisotopic (exact) mass is 338 g/mol. The Balaban J connectivity index is 3.35. The van der Waals surface area contributed by atoms with Gasteiger partial charge in [0, 0.05) is 0 Å². The molecule has 0 aliphatic carbocycles. The van der Waals surface area contributed by atoms with E-state index in [0.717, 1.165) is 4.47 Å². The molecule has 0 saturated carbocycles. The number of nitriles is 1. The third-order valence-corrected chi connectivity index (χ3v) is 3.35. The van der Waals surface area contributed by atoms with E-state index in [2.05, 4.69) is 52.8 Å². The summed E-state index contributed by atoms with van der Waals surface area (Å²) in [6, 6.07) is 3.70. The van der Waals surface area contributed by atoms with Gasteiger partial charge in [-0.3, -0.25) is 0 Å². The molecule has 1 aromatic heterocycles. The average Bonchev–Trinajstić information content (AvgIpc) is 1.97. The summed E-state index contributed by atoms with van der Waals surface area (Å²) in [4.78, 5) is 4.01. The molecule has 0 amide bonds. The zero-order valence-electron chi connectivity index (χ0n) is 5.11.